The summed E-state index contributed by atoms with van der Waals surface area (Å²) in [7, 11) is 0. The molecule has 4 rings (SSSR count). The van der Waals surface area contributed by atoms with Gasteiger partial charge in [-0.1, -0.05) is 47.2 Å². The van der Waals surface area contributed by atoms with E-state index in [0.717, 1.165) is 23.5 Å². The van der Waals surface area contributed by atoms with Gasteiger partial charge < -0.3 is 4.74 Å². The van der Waals surface area contributed by atoms with Gasteiger partial charge in [-0.2, -0.15) is 0 Å². The second-order valence-corrected chi connectivity index (χ2v) is 7.49. The highest BCUT2D eigenvalue weighted by molar-refractivity contribution is 7.17. The van der Waals surface area contributed by atoms with Crippen molar-refractivity contribution in [2.24, 2.45) is 0 Å². The van der Waals surface area contributed by atoms with Crippen molar-refractivity contribution in [3.63, 3.8) is 0 Å². The van der Waals surface area contributed by atoms with Gasteiger partial charge in [0.15, 0.2) is 16.7 Å². The van der Waals surface area contributed by atoms with Crippen molar-refractivity contribution in [2.45, 2.75) is 32.3 Å². The maximum Gasteiger partial charge on any atom is 0.174 e. The zero-order valence-electron chi connectivity index (χ0n) is 13.9. The predicted octanol–water partition coefficient (Wildman–Crippen LogP) is 6.60. The first kappa shape index (κ1) is 16.3. The number of rotatable bonds is 4. The van der Waals surface area contributed by atoms with E-state index >= 15 is 0 Å². The average molecular weight is 356 g/mol. The lowest BCUT2D eigenvalue weighted by Crippen LogP contribution is -2.23. The molecule has 1 aliphatic rings. The van der Waals surface area contributed by atoms with Crippen LogP contribution in [0, 0.1) is 18.6 Å². The van der Waals surface area contributed by atoms with E-state index in [0.29, 0.717) is 10.4 Å². The quantitative estimate of drug-likeness (QED) is 0.512. The molecule has 25 heavy (non-hydrogen) atoms. The molecule has 1 heterocycles. The summed E-state index contributed by atoms with van der Waals surface area (Å²) in [5, 5.41) is 0.766. The Morgan fingerprint density at radius 2 is 1.56 bits per heavy atom. The Kier molecular flexibility index (Phi) is 4.30. The van der Waals surface area contributed by atoms with E-state index in [1.807, 2.05) is 37.3 Å². The number of hydrogen-bond acceptors (Lipinski definition) is 2. The summed E-state index contributed by atoms with van der Waals surface area (Å²) in [5.74, 6) is -1.62. The van der Waals surface area contributed by atoms with Crippen LogP contribution in [0.1, 0.15) is 24.8 Å². The normalized spacial score (nSPS) is 14.4. The van der Waals surface area contributed by atoms with Crippen molar-refractivity contribution < 1.29 is 13.5 Å². The lowest BCUT2D eigenvalue weighted by atomic mass is 9.96. The first-order valence-corrected chi connectivity index (χ1v) is 9.25. The van der Waals surface area contributed by atoms with Crippen LogP contribution in [0.3, 0.4) is 0 Å². The number of hydrogen-bond donors (Lipinski definition) is 0. The SMILES string of the molecule is Cc1ccc(-c2ccc(-c3ccc(OC4CCC4)s3)c(F)c2F)cc1. The highest BCUT2D eigenvalue weighted by Crippen LogP contribution is 2.38. The zero-order valence-corrected chi connectivity index (χ0v) is 14.7. The molecular formula is C21H18F2OS. The molecule has 4 heteroatoms. The van der Waals surface area contributed by atoms with E-state index in [1.54, 1.807) is 18.2 Å². The number of benzene rings is 2. The van der Waals surface area contributed by atoms with Crippen LogP contribution in [0.2, 0.25) is 0 Å². The van der Waals surface area contributed by atoms with E-state index < -0.39 is 11.6 Å². The summed E-state index contributed by atoms with van der Waals surface area (Å²) in [6.07, 6.45) is 3.61. The van der Waals surface area contributed by atoms with Gasteiger partial charge in [0.25, 0.3) is 0 Å². The van der Waals surface area contributed by atoms with E-state index in [4.69, 9.17) is 4.74 Å². The summed E-state index contributed by atoms with van der Waals surface area (Å²) in [6.45, 7) is 1.96. The first-order chi connectivity index (χ1) is 12.1. The summed E-state index contributed by atoms with van der Waals surface area (Å²) in [6, 6.07) is 14.3. The van der Waals surface area contributed by atoms with Crippen molar-refractivity contribution in [1.82, 2.24) is 0 Å². The first-order valence-electron chi connectivity index (χ1n) is 8.44. The van der Waals surface area contributed by atoms with Gasteiger partial charge in [-0.3, -0.25) is 0 Å². The van der Waals surface area contributed by atoms with E-state index in [9.17, 15) is 8.78 Å². The fraction of sp³-hybridized carbons (Fsp3) is 0.238. The Morgan fingerprint density at radius 1 is 0.880 bits per heavy atom. The van der Waals surface area contributed by atoms with Gasteiger partial charge in [0, 0.05) is 16.0 Å². The monoisotopic (exact) mass is 356 g/mol. The van der Waals surface area contributed by atoms with E-state index in [2.05, 4.69) is 0 Å². The summed E-state index contributed by atoms with van der Waals surface area (Å²) in [5.41, 5.74) is 2.32. The van der Waals surface area contributed by atoms with Gasteiger partial charge in [0.2, 0.25) is 0 Å². The van der Waals surface area contributed by atoms with Gasteiger partial charge in [-0.05, 0) is 49.9 Å². The molecule has 0 unspecified atom stereocenters. The van der Waals surface area contributed by atoms with Crippen molar-refractivity contribution in [3.8, 4) is 26.6 Å². The topological polar surface area (TPSA) is 9.23 Å². The molecule has 1 saturated carbocycles. The summed E-state index contributed by atoms with van der Waals surface area (Å²) < 4.78 is 35.1. The Morgan fingerprint density at radius 3 is 2.24 bits per heavy atom. The molecule has 128 valence electrons. The standard InChI is InChI=1S/C21H18F2OS/c1-13-5-7-14(8-6-13)16-9-10-17(21(23)20(16)22)18-11-12-19(25-18)24-15-3-2-4-15/h5-12,15H,2-4H2,1H3. The minimum atomic E-state index is -0.810. The lowest BCUT2D eigenvalue weighted by molar-refractivity contribution is 0.125. The molecular weight excluding hydrogens is 338 g/mol. The molecule has 0 amide bonds. The van der Waals surface area contributed by atoms with Crippen LogP contribution >= 0.6 is 11.3 Å². The van der Waals surface area contributed by atoms with Gasteiger partial charge >= 0.3 is 0 Å². The molecule has 1 aliphatic carbocycles. The third kappa shape index (κ3) is 3.19. The number of thiophene rings is 1. The molecule has 0 atom stereocenters. The Bertz CT molecular complexity index is 895. The van der Waals surface area contributed by atoms with Gasteiger partial charge in [-0.15, -0.1) is 0 Å². The third-order valence-electron chi connectivity index (χ3n) is 4.63. The molecule has 0 bridgehead atoms. The fourth-order valence-electron chi connectivity index (χ4n) is 2.88. The molecule has 1 nitrogen and oxygen atoms in total. The predicted molar refractivity (Wildman–Crippen MR) is 98.1 cm³/mol. The maximum atomic E-state index is 14.7. The molecule has 0 radical (unpaired) electrons. The van der Waals surface area contributed by atoms with Crippen LogP contribution in [0.5, 0.6) is 5.06 Å². The van der Waals surface area contributed by atoms with Gasteiger partial charge in [0.1, 0.15) is 0 Å². The summed E-state index contributed by atoms with van der Waals surface area (Å²) in [4.78, 5) is 0.682. The van der Waals surface area contributed by atoms with Crippen molar-refractivity contribution >= 4 is 11.3 Å². The van der Waals surface area contributed by atoms with Crippen molar-refractivity contribution in [2.75, 3.05) is 0 Å². The van der Waals surface area contributed by atoms with Crippen LogP contribution in [0.25, 0.3) is 21.6 Å². The molecule has 1 fully saturated rings. The van der Waals surface area contributed by atoms with Crippen LogP contribution < -0.4 is 4.74 Å². The van der Waals surface area contributed by atoms with Crippen molar-refractivity contribution in [3.05, 3.63) is 65.7 Å². The molecule has 0 N–H and O–H groups in total. The van der Waals surface area contributed by atoms with Crippen LogP contribution in [-0.4, -0.2) is 6.10 Å². The molecule has 1 aromatic heterocycles. The minimum absolute atomic E-state index is 0.275. The van der Waals surface area contributed by atoms with Crippen LogP contribution in [0.4, 0.5) is 8.78 Å². The fourth-order valence-corrected chi connectivity index (χ4v) is 3.82. The van der Waals surface area contributed by atoms with Gasteiger partial charge in [0.05, 0.1) is 6.10 Å². The van der Waals surface area contributed by atoms with Crippen LogP contribution in [0.15, 0.2) is 48.5 Å². The third-order valence-corrected chi connectivity index (χ3v) is 5.64. The number of ether oxygens (including phenoxy) is 1. The highest BCUT2D eigenvalue weighted by atomic mass is 32.1. The van der Waals surface area contributed by atoms with Crippen molar-refractivity contribution in [1.29, 1.82) is 0 Å². The number of halogens is 2. The molecule has 2 aromatic carbocycles. The maximum absolute atomic E-state index is 14.7. The molecule has 0 spiro atoms. The Hall–Kier alpha value is -2.20. The second-order valence-electron chi connectivity index (χ2n) is 6.44. The second kappa shape index (κ2) is 6.60. The molecule has 3 aromatic rings. The summed E-state index contributed by atoms with van der Waals surface area (Å²) >= 11 is 1.36. The number of aryl methyl sites for hydroxylation is 1. The minimum Gasteiger partial charge on any atom is -0.481 e. The van der Waals surface area contributed by atoms with Crippen LogP contribution in [-0.2, 0) is 0 Å². The van der Waals surface area contributed by atoms with E-state index in [1.165, 1.54) is 17.8 Å². The zero-order chi connectivity index (χ0) is 17.4. The van der Waals surface area contributed by atoms with E-state index in [-0.39, 0.29) is 17.2 Å². The van der Waals surface area contributed by atoms with Gasteiger partial charge in [-0.25, -0.2) is 8.78 Å². The Balaban J connectivity index is 1.64. The highest BCUT2D eigenvalue weighted by Gasteiger charge is 2.21. The lowest BCUT2D eigenvalue weighted by Gasteiger charge is -2.25. The molecule has 0 aliphatic heterocycles. The average Bonchev–Trinajstić information content (AvgIpc) is 3.03. The Labute approximate surface area is 149 Å². The largest absolute Gasteiger partial charge is 0.481 e. The smallest absolute Gasteiger partial charge is 0.174 e. The molecule has 0 saturated heterocycles.